The molecule has 3 nitrogen and oxygen atoms in total. The predicted molar refractivity (Wildman–Crippen MR) is 29.2 cm³/mol. The Morgan fingerprint density at radius 2 is 2.25 bits per heavy atom. The fraction of sp³-hybridized carbons (Fsp3) is 1.00. The molecule has 0 aliphatic rings. The first-order valence-electron chi connectivity index (χ1n) is 2.26. The molecule has 0 atom stereocenters. The van der Waals surface area contributed by atoms with Crippen LogP contribution in [0.4, 0.5) is 4.39 Å². The number of azide groups is 1. The SMILES string of the molecule is CC(C)(F)CN=[N+]=[N-]. The summed E-state index contributed by atoms with van der Waals surface area (Å²) in [5.41, 5.74) is 6.35. The second kappa shape index (κ2) is 2.52. The second-order valence-corrected chi connectivity index (χ2v) is 2.11. The van der Waals surface area contributed by atoms with Crippen LogP contribution in [0.15, 0.2) is 5.11 Å². The molecule has 0 aliphatic heterocycles. The molecule has 0 bridgehead atoms. The third kappa shape index (κ3) is 5.24. The van der Waals surface area contributed by atoms with Crippen molar-refractivity contribution in [3.63, 3.8) is 0 Å². The van der Waals surface area contributed by atoms with E-state index in [4.69, 9.17) is 5.53 Å². The van der Waals surface area contributed by atoms with Gasteiger partial charge >= 0.3 is 0 Å². The minimum Gasteiger partial charge on any atom is -0.244 e. The number of rotatable bonds is 2. The summed E-state index contributed by atoms with van der Waals surface area (Å²) in [5.74, 6) is 0. The molecule has 0 aromatic rings. The summed E-state index contributed by atoms with van der Waals surface area (Å²) >= 11 is 0. The normalized spacial score (nSPS) is 10.4. The van der Waals surface area contributed by atoms with Gasteiger partial charge in [0.05, 0.1) is 6.54 Å². The van der Waals surface area contributed by atoms with E-state index in [1.165, 1.54) is 13.8 Å². The van der Waals surface area contributed by atoms with E-state index in [0.717, 1.165) is 0 Å². The molecule has 0 spiro atoms. The van der Waals surface area contributed by atoms with E-state index in [-0.39, 0.29) is 6.54 Å². The van der Waals surface area contributed by atoms with E-state index in [9.17, 15) is 4.39 Å². The van der Waals surface area contributed by atoms with E-state index in [0.29, 0.717) is 0 Å². The highest BCUT2D eigenvalue weighted by atomic mass is 19.1. The Kier molecular flexibility index (Phi) is 2.28. The third-order valence-corrected chi connectivity index (χ3v) is 0.510. The molecule has 0 unspecified atom stereocenters. The summed E-state index contributed by atoms with van der Waals surface area (Å²) in [6, 6.07) is 0. The van der Waals surface area contributed by atoms with Crippen LogP contribution >= 0.6 is 0 Å². The van der Waals surface area contributed by atoms with Crippen LogP contribution in [-0.2, 0) is 0 Å². The average molecular weight is 117 g/mol. The number of halogens is 1. The van der Waals surface area contributed by atoms with Gasteiger partial charge < -0.3 is 0 Å². The van der Waals surface area contributed by atoms with Crippen LogP contribution in [0, 0.1) is 0 Å². The van der Waals surface area contributed by atoms with E-state index in [1.54, 1.807) is 0 Å². The number of alkyl halides is 1. The molecule has 0 rings (SSSR count). The number of hydrogen-bond donors (Lipinski definition) is 0. The Balaban J connectivity index is 3.55. The van der Waals surface area contributed by atoms with Gasteiger partial charge in [0.1, 0.15) is 5.67 Å². The Labute approximate surface area is 47.1 Å². The molecule has 0 aromatic heterocycles. The van der Waals surface area contributed by atoms with Gasteiger partial charge in [-0.1, -0.05) is 5.11 Å². The first-order valence-corrected chi connectivity index (χ1v) is 2.26. The van der Waals surface area contributed by atoms with Crippen LogP contribution in [0.2, 0.25) is 0 Å². The van der Waals surface area contributed by atoms with Crippen LogP contribution in [0.25, 0.3) is 10.4 Å². The molecule has 0 N–H and O–H groups in total. The van der Waals surface area contributed by atoms with Crippen molar-refractivity contribution in [2.24, 2.45) is 5.11 Å². The van der Waals surface area contributed by atoms with Gasteiger partial charge in [-0.2, -0.15) is 0 Å². The highest BCUT2D eigenvalue weighted by molar-refractivity contribution is 4.68. The lowest BCUT2D eigenvalue weighted by molar-refractivity contribution is 0.228. The van der Waals surface area contributed by atoms with Gasteiger partial charge in [-0.05, 0) is 19.4 Å². The molecule has 0 aliphatic carbocycles. The molecular formula is C4H8FN3. The Morgan fingerprint density at radius 3 is 2.38 bits per heavy atom. The van der Waals surface area contributed by atoms with Crippen molar-refractivity contribution in [1.29, 1.82) is 0 Å². The zero-order valence-corrected chi connectivity index (χ0v) is 4.93. The van der Waals surface area contributed by atoms with E-state index < -0.39 is 5.67 Å². The molecular weight excluding hydrogens is 109 g/mol. The van der Waals surface area contributed by atoms with Gasteiger partial charge in [0, 0.05) is 4.91 Å². The van der Waals surface area contributed by atoms with Crippen molar-refractivity contribution in [2.45, 2.75) is 19.5 Å². The first-order chi connectivity index (χ1) is 3.56. The van der Waals surface area contributed by atoms with Crippen molar-refractivity contribution in [1.82, 2.24) is 0 Å². The predicted octanol–water partition coefficient (Wildman–Crippen LogP) is 2.04. The lowest BCUT2D eigenvalue weighted by atomic mass is 10.2. The smallest absolute Gasteiger partial charge is 0.111 e. The van der Waals surface area contributed by atoms with Crippen molar-refractivity contribution < 1.29 is 4.39 Å². The van der Waals surface area contributed by atoms with Gasteiger partial charge in [0.2, 0.25) is 0 Å². The van der Waals surface area contributed by atoms with Crippen LogP contribution in [0.5, 0.6) is 0 Å². The van der Waals surface area contributed by atoms with Gasteiger partial charge in [0.15, 0.2) is 0 Å². The molecule has 46 valence electrons. The summed E-state index contributed by atoms with van der Waals surface area (Å²) in [5, 5.41) is 3.05. The quantitative estimate of drug-likeness (QED) is 0.302. The average Bonchev–Trinajstić information content (AvgIpc) is 1.59. The molecule has 4 heteroatoms. The molecule has 0 saturated carbocycles. The fourth-order valence-electron chi connectivity index (χ4n) is 0.200. The summed E-state index contributed by atoms with van der Waals surface area (Å²) in [4.78, 5) is 2.41. The number of nitrogens with zero attached hydrogens (tertiary/aromatic N) is 3. The van der Waals surface area contributed by atoms with Crippen LogP contribution in [0.1, 0.15) is 13.8 Å². The lowest BCUT2D eigenvalue weighted by Crippen LogP contribution is -2.15. The molecule has 8 heavy (non-hydrogen) atoms. The lowest BCUT2D eigenvalue weighted by Gasteiger charge is -2.07. The fourth-order valence-corrected chi connectivity index (χ4v) is 0.200. The molecule has 0 aromatic carbocycles. The van der Waals surface area contributed by atoms with Gasteiger partial charge in [0.25, 0.3) is 0 Å². The Hall–Kier alpha value is -0.760. The zero-order valence-electron chi connectivity index (χ0n) is 4.93. The van der Waals surface area contributed by atoms with Crippen LogP contribution < -0.4 is 0 Å². The molecule has 0 radical (unpaired) electrons. The van der Waals surface area contributed by atoms with Crippen LogP contribution in [-0.4, -0.2) is 12.2 Å². The molecule has 0 saturated heterocycles. The van der Waals surface area contributed by atoms with E-state index in [2.05, 4.69) is 10.0 Å². The van der Waals surface area contributed by atoms with Gasteiger partial charge in [-0.25, -0.2) is 4.39 Å². The first kappa shape index (κ1) is 7.24. The standard InChI is InChI=1S/C4H8FN3/c1-4(2,5)3-7-8-6/h3H2,1-2H3. The minimum absolute atomic E-state index is 0.0938. The summed E-state index contributed by atoms with van der Waals surface area (Å²) in [6.07, 6.45) is 0. The molecule has 0 amide bonds. The van der Waals surface area contributed by atoms with Gasteiger partial charge in [-0.15, -0.1) is 0 Å². The van der Waals surface area contributed by atoms with Crippen LogP contribution in [0.3, 0.4) is 0 Å². The minimum atomic E-state index is -1.37. The van der Waals surface area contributed by atoms with E-state index >= 15 is 0 Å². The maximum atomic E-state index is 12.3. The van der Waals surface area contributed by atoms with Crippen molar-refractivity contribution >= 4 is 0 Å². The third-order valence-electron chi connectivity index (χ3n) is 0.510. The van der Waals surface area contributed by atoms with E-state index in [1.807, 2.05) is 0 Å². The summed E-state index contributed by atoms with van der Waals surface area (Å²) in [7, 11) is 0. The maximum Gasteiger partial charge on any atom is 0.111 e. The van der Waals surface area contributed by atoms with Crippen molar-refractivity contribution in [2.75, 3.05) is 6.54 Å². The zero-order chi connectivity index (χ0) is 6.62. The Morgan fingerprint density at radius 1 is 1.75 bits per heavy atom. The second-order valence-electron chi connectivity index (χ2n) is 2.11. The monoisotopic (exact) mass is 117 g/mol. The summed E-state index contributed by atoms with van der Waals surface area (Å²) in [6.45, 7) is 2.63. The topological polar surface area (TPSA) is 48.8 Å². The number of hydrogen-bond acceptors (Lipinski definition) is 1. The summed E-state index contributed by atoms with van der Waals surface area (Å²) < 4.78 is 12.3. The van der Waals surface area contributed by atoms with Crippen molar-refractivity contribution in [3.05, 3.63) is 10.4 Å². The maximum absolute atomic E-state index is 12.3. The molecule has 0 fully saturated rings. The highest BCUT2D eigenvalue weighted by Gasteiger charge is 2.12. The van der Waals surface area contributed by atoms with Gasteiger partial charge in [-0.3, -0.25) is 0 Å². The van der Waals surface area contributed by atoms with Crippen molar-refractivity contribution in [3.8, 4) is 0 Å². The highest BCUT2D eigenvalue weighted by Crippen LogP contribution is 2.07. The largest absolute Gasteiger partial charge is 0.244 e. The Bertz CT molecular complexity index is 109. The molecule has 0 heterocycles.